The van der Waals surface area contributed by atoms with Crippen molar-refractivity contribution in [3.05, 3.63) is 35.1 Å². The molecule has 0 atom stereocenters. The highest BCUT2D eigenvalue weighted by molar-refractivity contribution is 6.30. The first-order chi connectivity index (χ1) is 8.61. The molecule has 0 saturated heterocycles. The first-order valence-electron chi connectivity index (χ1n) is 5.85. The van der Waals surface area contributed by atoms with Crippen molar-refractivity contribution in [3.8, 4) is 11.4 Å². The van der Waals surface area contributed by atoms with Crippen LogP contribution in [-0.2, 0) is 12.4 Å². The van der Waals surface area contributed by atoms with E-state index < -0.39 is 0 Å². The monoisotopic (exact) mass is 283 g/mol. The summed E-state index contributed by atoms with van der Waals surface area (Å²) in [5, 5.41) is 9.07. The van der Waals surface area contributed by atoms with E-state index in [1.165, 1.54) is 0 Å². The first kappa shape index (κ1) is 13.4. The fraction of sp³-hybridized carbons (Fsp3) is 0.385. The molecule has 1 aromatic heterocycles. The van der Waals surface area contributed by atoms with E-state index in [1.54, 1.807) is 0 Å². The Morgan fingerprint density at radius 3 is 2.39 bits per heavy atom. The summed E-state index contributed by atoms with van der Waals surface area (Å²) in [4.78, 5) is 0. The van der Waals surface area contributed by atoms with E-state index in [1.807, 2.05) is 24.3 Å². The number of aromatic nitrogens is 3. The minimum Gasteiger partial charge on any atom is -0.310 e. The molecule has 1 aromatic carbocycles. The van der Waals surface area contributed by atoms with Crippen molar-refractivity contribution in [2.45, 2.75) is 26.3 Å². The van der Waals surface area contributed by atoms with Gasteiger partial charge in [-0.05, 0) is 30.2 Å². The van der Waals surface area contributed by atoms with E-state index in [2.05, 4.69) is 28.6 Å². The van der Waals surface area contributed by atoms with Gasteiger partial charge in [-0.25, -0.2) is 0 Å². The van der Waals surface area contributed by atoms with Crippen molar-refractivity contribution in [2.75, 3.05) is 0 Å². The van der Waals surface area contributed by atoms with Gasteiger partial charge in [0.15, 0.2) is 5.82 Å². The zero-order valence-electron chi connectivity index (χ0n) is 10.4. The molecule has 0 fully saturated rings. The fourth-order valence-electron chi connectivity index (χ4n) is 1.80. The van der Waals surface area contributed by atoms with Crippen molar-refractivity contribution in [1.82, 2.24) is 14.8 Å². The van der Waals surface area contributed by atoms with Crippen LogP contribution in [0.3, 0.4) is 0 Å². The van der Waals surface area contributed by atoms with Gasteiger partial charge in [-0.2, -0.15) is 0 Å². The van der Waals surface area contributed by atoms with Crippen LogP contribution in [-0.4, -0.2) is 14.8 Å². The summed E-state index contributed by atoms with van der Waals surface area (Å²) < 4.78 is 2.07. The van der Waals surface area contributed by atoms with Crippen molar-refractivity contribution >= 4 is 23.2 Å². The standard InChI is InChI=1S/C13H15Cl2N3/c1-9(2)8-18-12(7-14)16-17-13(18)10-3-5-11(15)6-4-10/h3-6,9H,7-8H2,1-2H3. The summed E-state index contributed by atoms with van der Waals surface area (Å²) in [5.74, 6) is 2.52. The molecule has 0 N–H and O–H groups in total. The van der Waals surface area contributed by atoms with Crippen LogP contribution >= 0.6 is 23.2 Å². The Labute approximate surface area is 117 Å². The van der Waals surface area contributed by atoms with Gasteiger partial charge >= 0.3 is 0 Å². The molecule has 2 aromatic rings. The van der Waals surface area contributed by atoms with E-state index >= 15 is 0 Å². The molecule has 0 saturated carbocycles. The Balaban J connectivity index is 2.43. The minimum atomic E-state index is 0.368. The molecule has 0 unspecified atom stereocenters. The highest BCUT2D eigenvalue weighted by Crippen LogP contribution is 2.22. The molecule has 5 heteroatoms. The fourth-order valence-corrected chi connectivity index (χ4v) is 2.13. The lowest BCUT2D eigenvalue weighted by molar-refractivity contribution is 0.515. The molecular weight excluding hydrogens is 269 g/mol. The molecule has 96 valence electrons. The molecule has 3 nitrogen and oxygen atoms in total. The second-order valence-electron chi connectivity index (χ2n) is 4.58. The van der Waals surface area contributed by atoms with Crippen molar-refractivity contribution in [3.63, 3.8) is 0 Å². The summed E-state index contributed by atoms with van der Waals surface area (Å²) in [6.45, 7) is 5.17. The van der Waals surface area contributed by atoms with Gasteiger partial charge in [-0.3, -0.25) is 0 Å². The average molecular weight is 284 g/mol. The number of rotatable bonds is 4. The smallest absolute Gasteiger partial charge is 0.164 e. The Bertz CT molecular complexity index is 518. The average Bonchev–Trinajstić information content (AvgIpc) is 2.72. The zero-order chi connectivity index (χ0) is 13.1. The molecule has 0 aliphatic heterocycles. The number of hydrogen-bond acceptors (Lipinski definition) is 2. The molecule has 2 rings (SSSR count). The van der Waals surface area contributed by atoms with Crippen molar-refractivity contribution in [1.29, 1.82) is 0 Å². The predicted octanol–water partition coefficient (Wildman–Crippen LogP) is 3.99. The lowest BCUT2D eigenvalue weighted by Gasteiger charge is -2.11. The van der Waals surface area contributed by atoms with Crippen LogP contribution in [0.4, 0.5) is 0 Å². The highest BCUT2D eigenvalue weighted by Gasteiger charge is 2.13. The van der Waals surface area contributed by atoms with Crippen LogP contribution < -0.4 is 0 Å². The Morgan fingerprint density at radius 2 is 1.83 bits per heavy atom. The maximum atomic E-state index is 5.90. The van der Waals surface area contributed by atoms with Gasteiger partial charge in [0.25, 0.3) is 0 Å². The van der Waals surface area contributed by atoms with Gasteiger partial charge in [0.2, 0.25) is 0 Å². The number of alkyl halides is 1. The lowest BCUT2D eigenvalue weighted by atomic mass is 10.2. The molecule has 0 amide bonds. The molecule has 18 heavy (non-hydrogen) atoms. The summed E-state index contributed by atoms with van der Waals surface area (Å²) in [6.07, 6.45) is 0. The van der Waals surface area contributed by atoms with Crippen LogP contribution in [0.2, 0.25) is 5.02 Å². The summed E-state index contributed by atoms with van der Waals surface area (Å²) in [7, 11) is 0. The Morgan fingerprint density at radius 1 is 1.17 bits per heavy atom. The SMILES string of the molecule is CC(C)Cn1c(CCl)nnc1-c1ccc(Cl)cc1. The largest absolute Gasteiger partial charge is 0.310 e. The van der Waals surface area contributed by atoms with E-state index in [4.69, 9.17) is 23.2 Å². The van der Waals surface area contributed by atoms with E-state index in [0.29, 0.717) is 16.8 Å². The lowest BCUT2D eigenvalue weighted by Crippen LogP contribution is -2.09. The summed E-state index contributed by atoms with van der Waals surface area (Å²) >= 11 is 11.8. The maximum absolute atomic E-state index is 5.90. The van der Waals surface area contributed by atoms with Gasteiger partial charge < -0.3 is 4.57 Å². The Kier molecular flexibility index (Phi) is 4.25. The van der Waals surface area contributed by atoms with E-state index in [-0.39, 0.29) is 0 Å². The first-order valence-corrected chi connectivity index (χ1v) is 6.77. The third-order valence-electron chi connectivity index (χ3n) is 2.60. The number of halogens is 2. The molecule has 0 aliphatic rings. The number of nitrogens with zero attached hydrogens (tertiary/aromatic N) is 3. The van der Waals surface area contributed by atoms with Gasteiger partial charge in [0, 0.05) is 17.1 Å². The van der Waals surface area contributed by atoms with Crippen molar-refractivity contribution in [2.24, 2.45) is 5.92 Å². The van der Waals surface area contributed by atoms with Crippen LogP contribution in [0, 0.1) is 5.92 Å². The predicted molar refractivity (Wildman–Crippen MR) is 74.9 cm³/mol. The van der Waals surface area contributed by atoms with Gasteiger partial charge in [0.1, 0.15) is 5.82 Å². The van der Waals surface area contributed by atoms with Crippen molar-refractivity contribution < 1.29 is 0 Å². The van der Waals surface area contributed by atoms with Crippen LogP contribution in [0.15, 0.2) is 24.3 Å². The third-order valence-corrected chi connectivity index (χ3v) is 3.09. The second kappa shape index (κ2) is 5.72. The summed E-state index contributed by atoms with van der Waals surface area (Å²) in [6, 6.07) is 7.60. The topological polar surface area (TPSA) is 30.7 Å². The molecule has 0 bridgehead atoms. The molecule has 0 spiro atoms. The quantitative estimate of drug-likeness (QED) is 0.795. The van der Waals surface area contributed by atoms with Gasteiger partial charge in [-0.15, -0.1) is 21.8 Å². The molecule has 1 heterocycles. The zero-order valence-corrected chi connectivity index (χ0v) is 11.9. The highest BCUT2D eigenvalue weighted by atomic mass is 35.5. The van der Waals surface area contributed by atoms with Gasteiger partial charge in [0.05, 0.1) is 5.88 Å². The third kappa shape index (κ3) is 2.85. The van der Waals surface area contributed by atoms with Crippen LogP contribution in [0.1, 0.15) is 19.7 Å². The summed E-state index contributed by atoms with van der Waals surface area (Å²) in [5.41, 5.74) is 1.00. The van der Waals surface area contributed by atoms with Crippen LogP contribution in [0.25, 0.3) is 11.4 Å². The number of benzene rings is 1. The van der Waals surface area contributed by atoms with Crippen LogP contribution in [0.5, 0.6) is 0 Å². The molecule has 0 aliphatic carbocycles. The second-order valence-corrected chi connectivity index (χ2v) is 5.29. The van der Waals surface area contributed by atoms with E-state index in [9.17, 15) is 0 Å². The maximum Gasteiger partial charge on any atom is 0.164 e. The number of hydrogen-bond donors (Lipinski definition) is 0. The van der Waals surface area contributed by atoms with E-state index in [0.717, 1.165) is 23.8 Å². The Hall–Kier alpha value is -1.06. The normalized spacial score (nSPS) is 11.2. The molecule has 0 radical (unpaired) electrons. The molecular formula is C13H15Cl2N3. The van der Waals surface area contributed by atoms with Gasteiger partial charge in [-0.1, -0.05) is 25.4 Å². The minimum absolute atomic E-state index is 0.368.